The molecule has 0 bridgehead atoms. The first kappa shape index (κ1) is 17.5. The van der Waals surface area contributed by atoms with Crippen molar-refractivity contribution in [2.45, 2.75) is 44.9 Å². The molecule has 25 heavy (non-hydrogen) atoms. The molecule has 134 valence electrons. The van der Waals surface area contributed by atoms with Crippen molar-refractivity contribution in [3.8, 4) is 6.07 Å². The second-order valence-corrected chi connectivity index (χ2v) is 6.83. The fraction of sp³-hybridized carbons (Fsp3) is 0.667. The van der Waals surface area contributed by atoms with Crippen molar-refractivity contribution < 1.29 is 9.53 Å². The van der Waals surface area contributed by atoms with Gasteiger partial charge in [0.1, 0.15) is 23.3 Å². The van der Waals surface area contributed by atoms with Gasteiger partial charge in [0.2, 0.25) is 0 Å². The molecule has 1 aliphatic heterocycles. The van der Waals surface area contributed by atoms with Crippen LogP contribution in [0.5, 0.6) is 0 Å². The van der Waals surface area contributed by atoms with Crippen LogP contribution in [-0.2, 0) is 4.74 Å². The quantitative estimate of drug-likeness (QED) is 0.766. The van der Waals surface area contributed by atoms with E-state index in [9.17, 15) is 10.1 Å². The summed E-state index contributed by atoms with van der Waals surface area (Å²) in [7, 11) is 0. The first-order chi connectivity index (χ1) is 12.2. The Bertz CT molecular complexity index is 653. The van der Waals surface area contributed by atoms with Crippen LogP contribution in [0.2, 0.25) is 0 Å². The molecule has 2 heterocycles. The smallest absolute Gasteiger partial charge is 0.409 e. The van der Waals surface area contributed by atoms with E-state index in [1.165, 1.54) is 0 Å². The van der Waals surface area contributed by atoms with Gasteiger partial charge in [-0.25, -0.2) is 14.8 Å². The molecule has 1 saturated carbocycles. The van der Waals surface area contributed by atoms with Gasteiger partial charge in [-0.05, 0) is 31.6 Å². The van der Waals surface area contributed by atoms with Crippen molar-refractivity contribution in [1.82, 2.24) is 14.9 Å². The number of rotatable bonds is 7. The van der Waals surface area contributed by atoms with Gasteiger partial charge < -0.3 is 15.0 Å². The van der Waals surface area contributed by atoms with Crippen LogP contribution in [0.25, 0.3) is 0 Å². The Hall–Kier alpha value is -2.36. The van der Waals surface area contributed by atoms with Gasteiger partial charge in [-0.1, -0.05) is 13.3 Å². The number of anilines is 1. The molecule has 2 aliphatic rings. The number of unbranched alkanes of at least 4 members (excludes halogenated alkanes) is 1. The zero-order chi connectivity index (χ0) is 17.6. The van der Waals surface area contributed by atoms with Crippen molar-refractivity contribution in [2.24, 2.45) is 5.92 Å². The second-order valence-electron chi connectivity index (χ2n) is 6.83. The number of nitriles is 1. The molecular weight excluding hydrogens is 318 g/mol. The Morgan fingerprint density at radius 3 is 3.04 bits per heavy atom. The van der Waals surface area contributed by atoms with Crippen molar-refractivity contribution in [3.63, 3.8) is 0 Å². The average molecular weight is 343 g/mol. The molecule has 0 spiro atoms. The van der Waals surface area contributed by atoms with E-state index in [-0.39, 0.29) is 6.09 Å². The van der Waals surface area contributed by atoms with Crippen LogP contribution in [0.15, 0.2) is 6.20 Å². The Balaban J connectivity index is 1.50. The van der Waals surface area contributed by atoms with E-state index in [0.29, 0.717) is 42.9 Å². The molecule has 1 aromatic heterocycles. The SMILES string of the molecule is CCCCOC(=O)N1CC[C@H](CNc2nc(C3CC3)ncc2C#N)C1. The predicted octanol–water partition coefficient (Wildman–Crippen LogP) is 2.90. The largest absolute Gasteiger partial charge is 0.449 e. The Labute approximate surface area is 148 Å². The summed E-state index contributed by atoms with van der Waals surface area (Å²) in [5, 5.41) is 12.5. The van der Waals surface area contributed by atoms with Crippen LogP contribution < -0.4 is 5.32 Å². The van der Waals surface area contributed by atoms with Crippen LogP contribution in [0.3, 0.4) is 0 Å². The highest BCUT2D eigenvalue weighted by molar-refractivity contribution is 5.68. The number of carbonyl (C=O) groups excluding carboxylic acids is 1. The number of aromatic nitrogens is 2. The van der Waals surface area contributed by atoms with Gasteiger partial charge in [-0.15, -0.1) is 0 Å². The molecule has 7 nitrogen and oxygen atoms in total. The maximum Gasteiger partial charge on any atom is 0.409 e. The third kappa shape index (κ3) is 4.59. The van der Waals surface area contributed by atoms with E-state index in [0.717, 1.165) is 44.5 Å². The van der Waals surface area contributed by atoms with Gasteiger partial charge >= 0.3 is 6.09 Å². The van der Waals surface area contributed by atoms with Crippen LogP contribution in [0, 0.1) is 17.2 Å². The van der Waals surface area contributed by atoms with Crippen molar-refractivity contribution in [1.29, 1.82) is 5.26 Å². The predicted molar refractivity (Wildman–Crippen MR) is 93.1 cm³/mol. The highest BCUT2D eigenvalue weighted by atomic mass is 16.6. The van der Waals surface area contributed by atoms with Gasteiger partial charge in [0, 0.05) is 25.6 Å². The van der Waals surface area contributed by atoms with Crippen molar-refractivity contribution in [2.75, 3.05) is 31.6 Å². The minimum atomic E-state index is -0.216. The summed E-state index contributed by atoms with van der Waals surface area (Å²) >= 11 is 0. The molecule has 1 aromatic rings. The summed E-state index contributed by atoms with van der Waals surface area (Å²) in [5.41, 5.74) is 0.471. The lowest BCUT2D eigenvalue weighted by Gasteiger charge is -2.17. The zero-order valence-electron chi connectivity index (χ0n) is 14.7. The van der Waals surface area contributed by atoms with Crippen molar-refractivity contribution >= 4 is 11.9 Å². The lowest BCUT2D eigenvalue weighted by atomic mass is 10.1. The zero-order valence-corrected chi connectivity index (χ0v) is 14.7. The molecule has 1 N–H and O–H groups in total. The number of nitrogens with zero attached hydrogens (tertiary/aromatic N) is 4. The number of ether oxygens (including phenoxy) is 1. The summed E-state index contributed by atoms with van der Waals surface area (Å²) in [6.45, 7) is 4.66. The Kier molecular flexibility index (Phi) is 5.69. The third-order valence-electron chi connectivity index (χ3n) is 4.70. The number of hydrogen-bond donors (Lipinski definition) is 1. The fourth-order valence-electron chi connectivity index (χ4n) is 2.95. The number of carbonyl (C=O) groups is 1. The van der Waals surface area contributed by atoms with E-state index in [1.54, 1.807) is 11.1 Å². The molecule has 3 rings (SSSR count). The molecule has 0 aromatic carbocycles. The number of amides is 1. The van der Waals surface area contributed by atoms with Crippen LogP contribution in [0.4, 0.5) is 10.6 Å². The van der Waals surface area contributed by atoms with Gasteiger partial charge in [-0.3, -0.25) is 0 Å². The molecule has 7 heteroatoms. The third-order valence-corrected chi connectivity index (χ3v) is 4.70. The number of hydrogen-bond acceptors (Lipinski definition) is 6. The van der Waals surface area contributed by atoms with E-state index < -0.39 is 0 Å². The highest BCUT2D eigenvalue weighted by Gasteiger charge is 2.29. The number of nitrogens with one attached hydrogen (secondary N) is 1. The van der Waals surface area contributed by atoms with Gasteiger partial charge in [-0.2, -0.15) is 5.26 Å². The highest BCUT2D eigenvalue weighted by Crippen LogP contribution is 2.38. The standard InChI is InChI=1S/C18H25N5O2/c1-2-3-8-25-18(24)23-7-6-13(12-23)10-20-17-15(9-19)11-21-16(22-17)14-4-5-14/h11,13-14H,2-8,10,12H2,1H3,(H,20,21,22)/t13-/m1/s1. The molecule has 0 unspecified atom stereocenters. The van der Waals surface area contributed by atoms with Crippen LogP contribution in [-0.4, -0.2) is 47.2 Å². The second kappa shape index (κ2) is 8.15. The van der Waals surface area contributed by atoms with E-state index in [1.807, 2.05) is 0 Å². The first-order valence-corrected chi connectivity index (χ1v) is 9.13. The summed E-state index contributed by atoms with van der Waals surface area (Å²) in [4.78, 5) is 22.6. The molecular formula is C18H25N5O2. The molecule has 1 aliphatic carbocycles. The van der Waals surface area contributed by atoms with E-state index >= 15 is 0 Å². The molecule has 1 atom stereocenters. The normalized spacial score (nSPS) is 19.5. The first-order valence-electron chi connectivity index (χ1n) is 9.13. The summed E-state index contributed by atoms with van der Waals surface area (Å²) < 4.78 is 5.27. The topological polar surface area (TPSA) is 91.1 Å². The Morgan fingerprint density at radius 2 is 2.32 bits per heavy atom. The van der Waals surface area contributed by atoms with E-state index in [2.05, 4.69) is 28.3 Å². The molecule has 2 fully saturated rings. The van der Waals surface area contributed by atoms with E-state index in [4.69, 9.17) is 4.74 Å². The van der Waals surface area contributed by atoms with Crippen LogP contribution in [0.1, 0.15) is 56.3 Å². The monoisotopic (exact) mass is 343 g/mol. The Morgan fingerprint density at radius 1 is 1.48 bits per heavy atom. The minimum Gasteiger partial charge on any atom is -0.449 e. The molecule has 0 radical (unpaired) electrons. The average Bonchev–Trinajstić information content (AvgIpc) is 3.37. The minimum absolute atomic E-state index is 0.216. The maximum atomic E-state index is 12.0. The number of likely N-dealkylation sites (tertiary alicyclic amines) is 1. The van der Waals surface area contributed by atoms with Gasteiger partial charge in [0.05, 0.1) is 12.8 Å². The summed E-state index contributed by atoms with van der Waals surface area (Å²) in [6, 6.07) is 2.14. The van der Waals surface area contributed by atoms with Gasteiger partial charge in [0.15, 0.2) is 0 Å². The molecule has 1 saturated heterocycles. The summed E-state index contributed by atoms with van der Waals surface area (Å²) in [5.74, 6) is 2.23. The van der Waals surface area contributed by atoms with Crippen molar-refractivity contribution in [3.05, 3.63) is 17.6 Å². The lowest BCUT2D eigenvalue weighted by Crippen LogP contribution is -2.30. The lowest BCUT2D eigenvalue weighted by molar-refractivity contribution is 0.108. The fourth-order valence-corrected chi connectivity index (χ4v) is 2.95. The van der Waals surface area contributed by atoms with Crippen LogP contribution >= 0.6 is 0 Å². The molecule has 1 amide bonds. The van der Waals surface area contributed by atoms with Gasteiger partial charge in [0.25, 0.3) is 0 Å². The summed E-state index contributed by atoms with van der Waals surface area (Å²) in [6.07, 6.45) is 6.49. The maximum absolute atomic E-state index is 12.0.